The van der Waals surface area contributed by atoms with E-state index in [2.05, 4.69) is 24.3 Å². The van der Waals surface area contributed by atoms with E-state index < -0.39 is 0 Å². The smallest absolute Gasteiger partial charge is 0.231 e. The van der Waals surface area contributed by atoms with Gasteiger partial charge in [0.25, 0.3) is 0 Å². The Morgan fingerprint density at radius 3 is 2.07 bits per heavy atom. The van der Waals surface area contributed by atoms with Crippen molar-refractivity contribution in [2.45, 2.75) is 26.3 Å². The molecular weight excluding hydrogens is 360 g/mol. The Labute approximate surface area is 171 Å². The van der Waals surface area contributed by atoms with Crippen molar-refractivity contribution in [1.82, 2.24) is 0 Å². The molecule has 4 heteroatoms. The van der Waals surface area contributed by atoms with Gasteiger partial charge in [-0.15, -0.1) is 0 Å². The van der Waals surface area contributed by atoms with Crippen LogP contribution in [0.5, 0.6) is 0 Å². The molecule has 0 aromatic heterocycles. The fourth-order valence-electron chi connectivity index (χ4n) is 4.01. The Balaban J connectivity index is 1.55. The molecule has 0 spiro atoms. The van der Waals surface area contributed by atoms with Gasteiger partial charge >= 0.3 is 0 Å². The average molecular weight is 384 g/mol. The Kier molecular flexibility index (Phi) is 5.17. The van der Waals surface area contributed by atoms with Crippen LogP contribution < -0.4 is 9.80 Å². The highest BCUT2D eigenvalue weighted by Crippen LogP contribution is 2.35. The normalized spacial score (nSPS) is 15.7. The predicted molar refractivity (Wildman–Crippen MR) is 117 cm³/mol. The molecule has 0 N–H and O–H groups in total. The van der Waals surface area contributed by atoms with Gasteiger partial charge in [0.2, 0.25) is 11.8 Å². The van der Waals surface area contributed by atoms with Crippen LogP contribution in [-0.2, 0) is 16.0 Å². The molecule has 3 aromatic rings. The summed E-state index contributed by atoms with van der Waals surface area (Å²) in [4.78, 5) is 28.8. The molecule has 29 heavy (non-hydrogen) atoms. The van der Waals surface area contributed by atoms with E-state index in [-0.39, 0.29) is 17.9 Å². The summed E-state index contributed by atoms with van der Waals surface area (Å²) < 4.78 is 0. The van der Waals surface area contributed by atoms with Gasteiger partial charge in [0, 0.05) is 13.5 Å². The molecule has 1 aliphatic rings. The van der Waals surface area contributed by atoms with E-state index in [0.717, 1.165) is 28.1 Å². The topological polar surface area (TPSA) is 40.6 Å². The summed E-state index contributed by atoms with van der Waals surface area (Å²) in [6.45, 7) is 4.04. The third-order valence-corrected chi connectivity index (χ3v) is 5.38. The van der Waals surface area contributed by atoms with E-state index in [1.165, 1.54) is 0 Å². The van der Waals surface area contributed by atoms with Crippen LogP contribution in [0.3, 0.4) is 0 Å². The Morgan fingerprint density at radius 1 is 0.828 bits per heavy atom. The Morgan fingerprint density at radius 2 is 1.41 bits per heavy atom. The fraction of sp³-hybridized carbons (Fsp3) is 0.200. The van der Waals surface area contributed by atoms with Crippen molar-refractivity contribution in [1.29, 1.82) is 0 Å². The van der Waals surface area contributed by atoms with Gasteiger partial charge in [-0.2, -0.15) is 0 Å². The second-order valence-electron chi connectivity index (χ2n) is 7.47. The van der Waals surface area contributed by atoms with Gasteiger partial charge < -0.3 is 9.80 Å². The van der Waals surface area contributed by atoms with Crippen molar-refractivity contribution < 1.29 is 9.59 Å². The summed E-state index contributed by atoms with van der Waals surface area (Å²) >= 11 is 0. The zero-order valence-corrected chi connectivity index (χ0v) is 16.7. The second-order valence-corrected chi connectivity index (χ2v) is 7.47. The van der Waals surface area contributed by atoms with Crippen molar-refractivity contribution in [2.75, 3.05) is 16.3 Å². The monoisotopic (exact) mass is 384 g/mol. The van der Waals surface area contributed by atoms with Crippen molar-refractivity contribution in [2.24, 2.45) is 0 Å². The highest BCUT2D eigenvalue weighted by Gasteiger charge is 2.33. The maximum absolute atomic E-state index is 13.1. The molecule has 0 bridgehead atoms. The van der Waals surface area contributed by atoms with Gasteiger partial charge in [0.05, 0.1) is 23.8 Å². The van der Waals surface area contributed by atoms with Gasteiger partial charge in [-0.25, -0.2) is 0 Å². The lowest BCUT2D eigenvalue weighted by atomic mass is 10.0. The number of carbonyl (C=O) groups is 2. The molecule has 0 saturated carbocycles. The third-order valence-electron chi connectivity index (χ3n) is 5.38. The predicted octanol–water partition coefficient (Wildman–Crippen LogP) is 4.68. The molecule has 0 radical (unpaired) electrons. The summed E-state index contributed by atoms with van der Waals surface area (Å²) in [5.74, 6) is 0.0357. The quantitative estimate of drug-likeness (QED) is 0.658. The highest BCUT2D eigenvalue weighted by molar-refractivity contribution is 6.04. The first kappa shape index (κ1) is 18.9. The zero-order chi connectivity index (χ0) is 20.4. The number of benzene rings is 3. The molecule has 4 nitrogen and oxygen atoms in total. The minimum atomic E-state index is -0.0631. The van der Waals surface area contributed by atoms with Crippen molar-refractivity contribution in [3.63, 3.8) is 0 Å². The first-order chi connectivity index (χ1) is 14.0. The van der Waals surface area contributed by atoms with Crippen LogP contribution in [0.1, 0.15) is 19.4 Å². The average Bonchev–Trinajstić information content (AvgIpc) is 2.74. The van der Waals surface area contributed by atoms with E-state index in [9.17, 15) is 9.59 Å². The van der Waals surface area contributed by atoms with E-state index >= 15 is 0 Å². The standard InChI is InChI=1S/C25H24N2O2/c1-18-17-26(23-10-6-7-11-24(23)27(18)19(2)28)25(29)16-20-12-14-22(15-13-20)21-8-4-3-5-9-21/h3-15,18H,16-17H2,1-2H3. The number of anilines is 2. The molecule has 1 heterocycles. The number of hydrogen-bond donors (Lipinski definition) is 0. The molecule has 1 aliphatic heterocycles. The maximum atomic E-state index is 13.1. The van der Waals surface area contributed by atoms with Crippen LogP contribution in [0, 0.1) is 0 Å². The molecule has 2 amide bonds. The highest BCUT2D eigenvalue weighted by atomic mass is 16.2. The van der Waals surface area contributed by atoms with Gasteiger partial charge in [-0.05, 0) is 35.7 Å². The molecule has 0 saturated heterocycles. The van der Waals surface area contributed by atoms with E-state index in [4.69, 9.17) is 0 Å². The number of carbonyl (C=O) groups excluding carboxylic acids is 2. The molecule has 1 unspecified atom stereocenters. The summed E-state index contributed by atoms with van der Waals surface area (Å²) in [5.41, 5.74) is 4.87. The van der Waals surface area contributed by atoms with Crippen LogP contribution in [0.15, 0.2) is 78.9 Å². The van der Waals surface area contributed by atoms with E-state index in [1.807, 2.05) is 66.4 Å². The van der Waals surface area contributed by atoms with Gasteiger partial charge in [-0.1, -0.05) is 66.7 Å². The van der Waals surface area contributed by atoms with Crippen LogP contribution in [0.2, 0.25) is 0 Å². The number of hydrogen-bond acceptors (Lipinski definition) is 2. The third kappa shape index (κ3) is 3.79. The first-order valence-electron chi connectivity index (χ1n) is 9.88. The van der Waals surface area contributed by atoms with Gasteiger partial charge in [-0.3, -0.25) is 9.59 Å². The number of nitrogens with zero attached hydrogens (tertiary/aromatic N) is 2. The molecule has 0 aliphatic carbocycles. The zero-order valence-electron chi connectivity index (χ0n) is 16.7. The minimum Gasteiger partial charge on any atom is -0.308 e. The van der Waals surface area contributed by atoms with Gasteiger partial charge in [0.15, 0.2) is 0 Å². The molecule has 1 atom stereocenters. The minimum absolute atomic E-state index is 0.00597. The molecule has 3 aromatic carbocycles. The number of amides is 2. The van der Waals surface area contributed by atoms with Crippen LogP contribution >= 0.6 is 0 Å². The Hall–Kier alpha value is -3.40. The molecule has 146 valence electrons. The summed E-state index contributed by atoms with van der Waals surface area (Å²) in [6, 6.07) is 25.9. The summed E-state index contributed by atoms with van der Waals surface area (Å²) in [5, 5.41) is 0. The fourth-order valence-corrected chi connectivity index (χ4v) is 4.01. The summed E-state index contributed by atoms with van der Waals surface area (Å²) in [7, 11) is 0. The van der Waals surface area contributed by atoms with Crippen molar-refractivity contribution in [3.05, 3.63) is 84.4 Å². The molecular formula is C25H24N2O2. The molecule has 4 rings (SSSR count). The SMILES string of the molecule is CC(=O)N1c2ccccc2N(C(=O)Cc2ccc(-c3ccccc3)cc2)CC1C. The first-order valence-corrected chi connectivity index (χ1v) is 9.88. The lowest BCUT2D eigenvalue weighted by Gasteiger charge is -2.40. The van der Waals surface area contributed by atoms with Crippen molar-refractivity contribution in [3.8, 4) is 11.1 Å². The molecule has 0 fully saturated rings. The Bertz CT molecular complexity index is 1030. The maximum Gasteiger partial charge on any atom is 0.231 e. The van der Waals surface area contributed by atoms with Gasteiger partial charge in [0.1, 0.15) is 0 Å². The van der Waals surface area contributed by atoms with Crippen LogP contribution in [0.4, 0.5) is 11.4 Å². The van der Waals surface area contributed by atoms with Crippen molar-refractivity contribution >= 4 is 23.2 Å². The summed E-state index contributed by atoms with van der Waals surface area (Å²) in [6.07, 6.45) is 0.330. The second kappa shape index (κ2) is 7.92. The number of rotatable bonds is 3. The van der Waals surface area contributed by atoms with E-state index in [1.54, 1.807) is 11.8 Å². The van der Waals surface area contributed by atoms with Crippen LogP contribution in [0.25, 0.3) is 11.1 Å². The largest absolute Gasteiger partial charge is 0.308 e. The number of fused-ring (bicyclic) bond motifs is 1. The lowest BCUT2D eigenvalue weighted by Crippen LogP contribution is -2.51. The van der Waals surface area contributed by atoms with Crippen LogP contribution in [-0.4, -0.2) is 24.4 Å². The number of para-hydroxylation sites is 2. The lowest BCUT2D eigenvalue weighted by molar-refractivity contribution is -0.119. The van der Waals surface area contributed by atoms with E-state index in [0.29, 0.717) is 13.0 Å².